The van der Waals surface area contributed by atoms with E-state index in [1.807, 2.05) is 0 Å². The van der Waals surface area contributed by atoms with Crippen molar-refractivity contribution in [2.75, 3.05) is 13.6 Å². The zero-order valence-corrected chi connectivity index (χ0v) is 11.3. The summed E-state index contributed by atoms with van der Waals surface area (Å²) in [4.78, 5) is 35.3. The zero-order chi connectivity index (χ0) is 15.6. The van der Waals surface area contributed by atoms with Crippen molar-refractivity contribution in [2.45, 2.75) is 18.9 Å². The molecule has 0 radical (unpaired) electrons. The molecule has 1 aromatic carbocycles. The second-order valence-corrected chi connectivity index (χ2v) is 4.69. The Kier molecular flexibility index (Phi) is 4.15. The number of rotatable bonds is 3. The SMILES string of the molecule is CNC(=O)C1CCCN1C(=O)c1ccc(F)c([N+](=O)[O-])c1. The second-order valence-electron chi connectivity index (χ2n) is 4.69. The van der Waals surface area contributed by atoms with E-state index < -0.39 is 28.4 Å². The van der Waals surface area contributed by atoms with Crippen LogP contribution in [0.25, 0.3) is 0 Å². The third-order valence-electron chi connectivity index (χ3n) is 3.45. The van der Waals surface area contributed by atoms with Gasteiger partial charge in [0.25, 0.3) is 5.91 Å². The summed E-state index contributed by atoms with van der Waals surface area (Å²) in [6.07, 6.45) is 1.21. The molecule has 0 aliphatic carbocycles. The maximum atomic E-state index is 13.3. The molecule has 7 nitrogen and oxygen atoms in total. The molecule has 1 atom stereocenters. The molecule has 1 saturated heterocycles. The largest absolute Gasteiger partial charge is 0.357 e. The molecular formula is C13H14FN3O4. The van der Waals surface area contributed by atoms with E-state index >= 15 is 0 Å². The number of nitro groups is 1. The third-order valence-corrected chi connectivity index (χ3v) is 3.45. The van der Waals surface area contributed by atoms with Crippen LogP contribution in [0.15, 0.2) is 18.2 Å². The molecule has 1 aliphatic heterocycles. The second kappa shape index (κ2) is 5.86. The van der Waals surface area contributed by atoms with Gasteiger partial charge in [-0.15, -0.1) is 0 Å². The Balaban J connectivity index is 2.29. The predicted molar refractivity (Wildman–Crippen MR) is 71.2 cm³/mol. The van der Waals surface area contributed by atoms with E-state index in [1.54, 1.807) is 0 Å². The fourth-order valence-electron chi connectivity index (χ4n) is 2.40. The van der Waals surface area contributed by atoms with Crippen molar-refractivity contribution >= 4 is 17.5 Å². The van der Waals surface area contributed by atoms with Crippen LogP contribution in [0.4, 0.5) is 10.1 Å². The minimum Gasteiger partial charge on any atom is -0.357 e. The van der Waals surface area contributed by atoms with Gasteiger partial charge >= 0.3 is 5.69 Å². The van der Waals surface area contributed by atoms with Crippen LogP contribution >= 0.6 is 0 Å². The molecule has 1 unspecified atom stereocenters. The third kappa shape index (κ3) is 2.83. The summed E-state index contributed by atoms with van der Waals surface area (Å²) in [5.41, 5.74) is -0.754. The monoisotopic (exact) mass is 295 g/mol. The number of nitrogens with one attached hydrogen (secondary N) is 1. The number of nitrogens with zero attached hydrogens (tertiary/aromatic N) is 2. The molecule has 21 heavy (non-hydrogen) atoms. The quantitative estimate of drug-likeness (QED) is 0.667. The molecule has 8 heteroatoms. The van der Waals surface area contributed by atoms with Crippen molar-refractivity contribution in [1.29, 1.82) is 0 Å². The lowest BCUT2D eigenvalue weighted by Crippen LogP contribution is -2.44. The van der Waals surface area contributed by atoms with Crippen molar-refractivity contribution in [3.05, 3.63) is 39.7 Å². The van der Waals surface area contributed by atoms with Gasteiger partial charge in [0.1, 0.15) is 6.04 Å². The van der Waals surface area contributed by atoms with Gasteiger partial charge in [-0.05, 0) is 25.0 Å². The van der Waals surface area contributed by atoms with Gasteiger partial charge in [0.05, 0.1) is 4.92 Å². The summed E-state index contributed by atoms with van der Waals surface area (Å²) >= 11 is 0. The Morgan fingerprint density at radius 2 is 2.19 bits per heavy atom. The number of benzene rings is 1. The van der Waals surface area contributed by atoms with Crippen LogP contribution in [0.1, 0.15) is 23.2 Å². The first-order valence-corrected chi connectivity index (χ1v) is 6.42. The summed E-state index contributed by atoms with van der Waals surface area (Å²) in [5, 5.41) is 13.2. The molecule has 1 aliphatic rings. The Morgan fingerprint density at radius 3 is 2.81 bits per heavy atom. The number of halogens is 1. The average molecular weight is 295 g/mol. The van der Waals surface area contributed by atoms with Crippen LogP contribution in [0.3, 0.4) is 0 Å². The van der Waals surface area contributed by atoms with Gasteiger partial charge in [-0.2, -0.15) is 4.39 Å². The number of likely N-dealkylation sites (N-methyl/N-ethyl adjacent to an activating group) is 1. The molecule has 0 saturated carbocycles. The van der Waals surface area contributed by atoms with Crippen LogP contribution in [-0.4, -0.2) is 41.3 Å². The molecule has 1 N–H and O–H groups in total. The van der Waals surface area contributed by atoms with E-state index in [-0.39, 0.29) is 11.5 Å². The highest BCUT2D eigenvalue weighted by Gasteiger charge is 2.34. The van der Waals surface area contributed by atoms with E-state index in [0.29, 0.717) is 19.4 Å². The molecule has 0 bridgehead atoms. The van der Waals surface area contributed by atoms with Gasteiger partial charge < -0.3 is 10.2 Å². The Labute approximate surface area is 119 Å². The molecule has 1 fully saturated rings. The van der Waals surface area contributed by atoms with Crippen molar-refractivity contribution < 1.29 is 18.9 Å². The summed E-state index contributed by atoms with van der Waals surface area (Å²) in [5.74, 6) is -1.79. The number of carbonyl (C=O) groups is 2. The van der Waals surface area contributed by atoms with E-state index in [0.717, 1.165) is 12.1 Å². The van der Waals surface area contributed by atoms with Gasteiger partial charge in [0.2, 0.25) is 11.7 Å². The predicted octanol–water partition coefficient (Wildman–Crippen LogP) is 1.08. The first-order chi connectivity index (χ1) is 9.95. The molecule has 2 rings (SSSR count). The molecule has 0 spiro atoms. The number of likely N-dealkylation sites (tertiary alicyclic amines) is 1. The Bertz CT molecular complexity index is 605. The van der Waals surface area contributed by atoms with Crippen LogP contribution in [0, 0.1) is 15.9 Å². The number of nitro benzene ring substituents is 1. The highest BCUT2D eigenvalue weighted by atomic mass is 19.1. The minimum atomic E-state index is -0.999. The first kappa shape index (κ1) is 14.9. The molecular weight excluding hydrogens is 281 g/mol. The average Bonchev–Trinajstić information content (AvgIpc) is 2.95. The number of hydrogen-bond acceptors (Lipinski definition) is 4. The topological polar surface area (TPSA) is 92.6 Å². The van der Waals surface area contributed by atoms with E-state index in [9.17, 15) is 24.1 Å². The van der Waals surface area contributed by atoms with E-state index in [4.69, 9.17) is 0 Å². The normalized spacial score (nSPS) is 17.6. The van der Waals surface area contributed by atoms with E-state index in [2.05, 4.69) is 5.32 Å². The Hall–Kier alpha value is -2.51. The number of hydrogen-bond donors (Lipinski definition) is 1. The number of carbonyl (C=O) groups excluding carboxylic acids is 2. The lowest BCUT2D eigenvalue weighted by Gasteiger charge is -2.23. The highest BCUT2D eigenvalue weighted by molar-refractivity contribution is 5.98. The van der Waals surface area contributed by atoms with Gasteiger partial charge in [0, 0.05) is 25.2 Å². The lowest BCUT2D eigenvalue weighted by molar-refractivity contribution is -0.387. The van der Waals surface area contributed by atoms with Gasteiger partial charge in [0.15, 0.2) is 0 Å². The fraction of sp³-hybridized carbons (Fsp3) is 0.385. The standard InChI is InChI=1S/C13H14FN3O4/c1-15-12(18)10-3-2-6-16(10)13(19)8-4-5-9(14)11(7-8)17(20)21/h4-5,7,10H,2-3,6H2,1H3,(H,15,18). The molecule has 112 valence electrons. The molecule has 2 amide bonds. The lowest BCUT2D eigenvalue weighted by atomic mass is 10.1. The summed E-state index contributed by atoms with van der Waals surface area (Å²) in [7, 11) is 1.48. The molecule has 0 aromatic heterocycles. The number of amides is 2. The van der Waals surface area contributed by atoms with Crippen LogP contribution in [-0.2, 0) is 4.79 Å². The van der Waals surface area contributed by atoms with Crippen molar-refractivity contribution in [3.8, 4) is 0 Å². The van der Waals surface area contributed by atoms with Gasteiger partial charge in [-0.25, -0.2) is 0 Å². The summed E-state index contributed by atoms with van der Waals surface area (Å²) in [6, 6.07) is 2.38. The maximum Gasteiger partial charge on any atom is 0.305 e. The zero-order valence-electron chi connectivity index (χ0n) is 11.3. The van der Waals surface area contributed by atoms with Crippen molar-refractivity contribution in [2.24, 2.45) is 0 Å². The Morgan fingerprint density at radius 1 is 1.48 bits per heavy atom. The van der Waals surface area contributed by atoms with Crippen LogP contribution in [0.2, 0.25) is 0 Å². The van der Waals surface area contributed by atoms with Gasteiger partial charge in [-0.1, -0.05) is 0 Å². The van der Waals surface area contributed by atoms with Crippen LogP contribution in [0.5, 0.6) is 0 Å². The highest BCUT2D eigenvalue weighted by Crippen LogP contribution is 2.23. The van der Waals surface area contributed by atoms with Crippen molar-refractivity contribution in [1.82, 2.24) is 10.2 Å². The van der Waals surface area contributed by atoms with Crippen molar-refractivity contribution in [3.63, 3.8) is 0 Å². The fourth-order valence-corrected chi connectivity index (χ4v) is 2.40. The molecule has 1 aromatic rings. The summed E-state index contributed by atoms with van der Waals surface area (Å²) < 4.78 is 13.3. The first-order valence-electron chi connectivity index (χ1n) is 6.42. The van der Waals surface area contributed by atoms with Gasteiger partial charge in [-0.3, -0.25) is 19.7 Å². The van der Waals surface area contributed by atoms with Crippen LogP contribution < -0.4 is 5.32 Å². The maximum absolute atomic E-state index is 13.3. The smallest absolute Gasteiger partial charge is 0.305 e. The van der Waals surface area contributed by atoms with E-state index in [1.165, 1.54) is 18.0 Å². The minimum absolute atomic E-state index is 0.00102. The summed E-state index contributed by atoms with van der Waals surface area (Å²) in [6.45, 7) is 0.391. The molecule has 1 heterocycles.